The van der Waals surface area contributed by atoms with E-state index in [-0.39, 0.29) is 5.95 Å². The maximum absolute atomic E-state index is 11.3. The molecule has 0 saturated carbocycles. The minimum absolute atomic E-state index is 0.0819. The van der Waals surface area contributed by atoms with Crippen LogP contribution in [0, 0.1) is 6.92 Å². The van der Waals surface area contributed by atoms with Gasteiger partial charge in [0, 0.05) is 6.92 Å². The molecule has 1 aromatic heterocycles. The lowest BCUT2D eigenvalue weighted by Gasteiger charge is -2.02. The van der Waals surface area contributed by atoms with Gasteiger partial charge in [-0.25, -0.2) is 4.79 Å². The predicted octanol–water partition coefficient (Wildman–Crippen LogP) is 1.99. The van der Waals surface area contributed by atoms with Crippen molar-refractivity contribution in [2.45, 2.75) is 6.92 Å². The molecule has 1 N–H and O–H groups in total. The number of amides is 1. The Bertz CT molecular complexity index is 481. The second-order valence-electron chi connectivity index (χ2n) is 2.96. The van der Waals surface area contributed by atoms with Crippen molar-refractivity contribution in [2.75, 3.05) is 5.32 Å². The highest BCUT2D eigenvalue weighted by molar-refractivity contribution is 5.83. The Morgan fingerprint density at radius 2 is 2.12 bits per heavy atom. The van der Waals surface area contributed by atoms with Crippen LogP contribution in [0.15, 0.2) is 34.9 Å². The summed E-state index contributed by atoms with van der Waals surface area (Å²) in [5.41, 5.74) is 0. The summed E-state index contributed by atoms with van der Waals surface area (Å²) in [4.78, 5) is 15.1. The van der Waals surface area contributed by atoms with Gasteiger partial charge in [0.1, 0.15) is 5.75 Å². The van der Waals surface area contributed by atoms with Crippen molar-refractivity contribution in [1.82, 2.24) is 10.1 Å². The fraction of sp³-hybridized carbons (Fsp3) is 0.100. The number of aromatic nitrogens is 2. The number of para-hydroxylation sites is 1. The molecule has 1 amide bonds. The van der Waals surface area contributed by atoms with E-state index in [1.54, 1.807) is 31.2 Å². The van der Waals surface area contributed by atoms with Gasteiger partial charge in [-0.15, -0.1) is 0 Å². The molecule has 0 bridgehead atoms. The molecule has 0 atom stereocenters. The molecular weight excluding hydrogens is 210 g/mol. The third kappa shape index (κ3) is 2.57. The summed E-state index contributed by atoms with van der Waals surface area (Å²) in [7, 11) is 0. The van der Waals surface area contributed by atoms with Crippen LogP contribution >= 0.6 is 0 Å². The first-order chi connectivity index (χ1) is 7.74. The van der Waals surface area contributed by atoms with E-state index >= 15 is 0 Å². The molecular formula is C10H9N3O3. The number of aryl methyl sites for hydroxylation is 1. The van der Waals surface area contributed by atoms with Gasteiger partial charge >= 0.3 is 6.09 Å². The molecule has 0 fully saturated rings. The van der Waals surface area contributed by atoms with Crippen LogP contribution in [0.2, 0.25) is 0 Å². The van der Waals surface area contributed by atoms with Crippen LogP contribution in [-0.4, -0.2) is 16.2 Å². The van der Waals surface area contributed by atoms with Gasteiger partial charge in [0.2, 0.25) is 5.89 Å². The number of nitrogens with zero attached hydrogens (tertiary/aromatic N) is 2. The first-order valence-electron chi connectivity index (χ1n) is 4.58. The lowest BCUT2D eigenvalue weighted by atomic mass is 10.3. The maximum atomic E-state index is 11.3. The zero-order chi connectivity index (χ0) is 11.4. The summed E-state index contributed by atoms with van der Waals surface area (Å²) >= 11 is 0. The van der Waals surface area contributed by atoms with Crippen molar-refractivity contribution in [3.8, 4) is 5.75 Å². The normalized spacial score (nSPS) is 9.81. The number of benzene rings is 1. The van der Waals surface area contributed by atoms with Crippen LogP contribution in [0.5, 0.6) is 5.75 Å². The molecule has 0 spiro atoms. The average molecular weight is 219 g/mol. The molecule has 6 heteroatoms. The molecule has 1 aromatic carbocycles. The first-order valence-corrected chi connectivity index (χ1v) is 4.58. The molecule has 1 heterocycles. The third-order valence-corrected chi connectivity index (χ3v) is 1.70. The van der Waals surface area contributed by atoms with Crippen molar-refractivity contribution >= 4 is 12.0 Å². The second-order valence-corrected chi connectivity index (χ2v) is 2.96. The Kier molecular flexibility index (Phi) is 2.81. The third-order valence-electron chi connectivity index (χ3n) is 1.70. The monoisotopic (exact) mass is 219 g/mol. The Morgan fingerprint density at radius 1 is 1.38 bits per heavy atom. The van der Waals surface area contributed by atoms with Gasteiger partial charge in [-0.3, -0.25) is 5.32 Å². The average Bonchev–Trinajstić information content (AvgIpc) is 2.65. The van der Waals surface area contributed by atoms with Gasteiger partial charge in [0.25, 0.3) is 5.95 Å². The summed E-state index contributed by atoms with van der Waals surface area (Å²) in [6.07, 6.45) is -0.660. The number of hydrogen-bond acceptors (Lipinski definition) is 5. The maximum Gasteiger partial charge on any atom is 0.419 e. The van der Waals surface area contributed by atoms with Gasteiger partial charge in [-0.1, -0.05) is 18.2 Å². The van der Waals surface area contributed by atoms with Gasteiger partial charge in [-0.05, 0) is 17.3 Å². The highest BCUT2D eigenvalue weighted by Gasteiger charge is 2.08. The first kappa shape index (κ1) is 10.2. The van der Waals surface area contributed by atoms with E-state index in [0.717, 1.165) is 0 Å². The van der Waals surface area contributed by atoms with Crippen LogP contribution in [0.25, 0.3) is 0 Å². The standard InChI is InChI=1S/C10H9N3O3/c1-7-11-9(13-16-7)12-10(14)15-8-5-3-2-4-6-8/h2-6H,1H3,(H,12,13,14). The minimum Gasteiger partial charge on any atom is -0.410 e. The molecule has 0 radical (unpaired) electrons. The van der Waals surface area contributed by atoms with E-state index in [2.05, 4.69) is 20.0 Å². The Labute approximate surface area is 91.2 Å². The van der Waals surface area contributed by atoms with E-state index in [1.165, 1.54) is 0 Å². The summed E-state index contributed by atoms with van der Waals surface area (Å²) < 4.78 is 9.64. The number of carbonyl (C=O) groups excluding carboxylic acids is 1. The van der Waals surface area contributed by atoms with Crippen LogP contribution in [0.1, 0.15) is 5.89 Å². The summed E-state index contributed by atoms with van der Waals surface area (Å²) in [6.45, 7) is 1.63. The fourth-order valence-corrected chi connectivity index (χ4v) is 1.06. The zero-order valence-corrected chi connectivity index (χ0v) is 8.51. The smallest absolute Gasteiger partial charge is 0.410 e. The molecule has 2 rings (SSSR count). The lowest BCUT2D eigenvalue weighted by Crippen LogP contribution is -2.17. The molecule has 2 aromatic rings. The molecule has 0 saturated heterocycles. The topological polar surface area (TPSA) is 77.2 Å². The molecule has 0 unspecified atom stereocenters. The number of nitrogens with one attached hydrogen (secondary N) is 1. The van der Waals surface area contributed by atoms with Gasteiger partial charge in [-0.2, -0.15) is 4.98 Å². The van der Waals surface area contributed by atoms with Crippen molar-refractivity contribution in [1.29, 1.82) is 0 Å². The van der Waals surface area contributed by atoms with Gasteiger partial charge < -0.3 is 9.26 Å². The second kappa shape index (κ2) is 4.43. The zero-order valence-electron chi connectivity index (χ0n) is 8.51. The quantitative estimate of drug-likeness (QED) is 0.835. The molecule has 16 heavy (non-hydrogen) atoms. The predicted molar refractivity (Wildman–Crippen MR) is 55.1 cm³/mol. The van der Waals surface area contributed by atoms with Crippen molar-refractivity contribution in [3.05, 3.63) is 36.2 Å². The highest BCUT2D eigenvalue weighted by Crippen LogP contribution is 2.09. The number of carbonyl (C=O) groups is 1. The largest absolute Gasteiger partial charge is 0.419 e. The summed E-state index contributed by atoms with van der Waals surface area (Å²) in [5, 5.41) is 5.83. The number of anilines is 1. The Morgan fingerprint density at radius 3 is 2.75 bits per heavy atom. The van der Waals surface area contributed by atoms with Gasteiger partial charge in [0.15, 0.2) is 0 Å². The fourth-order valence-electron chi connectivity index (χ4n) is 1.06. The molecule has 0 aliphatic rings. The summed E-state index contributed by atoms with van der Waals surface area (Å²) in [6, 6.07) is 8.69. The van der Waals surface area contributed by atoms with Crippen LogP contribution in [-0.2, 0) is 0 Å². The van der Waals surface area contributed by atoms with E-state index in [1.807, 2.05) is 6.07 Å². The van der Waals surface area contributed by atoms with Gasteiger partial charge in [0.05, 0.1) is 0 Å². The highest BCUT2D eigenvalue weighted by atomic mass is 16.6. The van der Waals surface area contributed by atoms with E-state index in [9.17, 15) is 4.79 Å². The van der Waals surface area contributed by atoms with E-state index < -0.39 is 6.09 Å². The Hall–Kier alpha value is -2.37. The lowest BCUT2D eigenvalue weighted by molar-refractivity contribution is 0.215. The van der Waals surface area contributed by atoms with E-state index in [0.29, 0.717) is 11.6 Å². The Balaban J connectivity index is 1.95. The number of hydrogen-bond donors (Lipinski definition) is 1. The van der Waals surface area contributed by atoms with Crippen LogP contribution < -0.4 is 10.1 Å². The summed E-state index contributed by atoms with van der Waals surface area (Å²) in [5.74, 6) is 0.897. The molecule has 0 aliphatic heterocycles. The minimum atomic E-state index is -0.660. The van der Waals surface area contributed by atoms with E-state index in [4.69, 9.17) is 4.74 Å². The van der Waals surface area contributed by atoms with Crippen molar-refractivity contribution in [3.63, 3.8) is 0 Å². The van der Waals surface area contributed by atoms with Crippen molar-refractivity contribution in [2.24, 2.45) is 0 Å². The molecule has 6 nitrogen and oxygen atoms in total. The number of ether oxygens (including phenoxy) is 1. The molecule has 82 valence electrons. The SMILES string of the molecule is Cc1nc(NC(=O)Oc2ccccc2)no1. The van der Waals surface area contributed by atoms with Crippen molar-refractivity contribution < 1.29 is 14.1 Å². The molecule has 0 aliphatic carbocycles. The van der Waals surface area contributed by atoms with Crippen LogP contribution in [0.3, 0.4) is 0 Å². The number of rotatable bonds is 2. The van der Waals surface area contributed by atoms with Crippen LogP contribution in [0.4, 0.5) is 10.7 Å².